The summed E-state index contributed by atoms with van der Waals surface area (Å²) in [5.41, 5.74) is 1.25. The van der Waals surface area contributed by atoms with Gasteiger partial charge in [-0.1, -0.05) is 25.0 Å². The molecule has 1 aliphatic carbocycles. The average Bonchev–Trinajstić information content (AvgIpc) is 2.70. The number of hydrogen-bond acceptors (Lipinski definition) is 3. The van der Waals surface area contributed by atoms with Gasteiger partial charge in [0.15, 0.2) is 0 Å². The fraction of sp³-hybridized carbons (Fsp3) is 0.435. The molecule has 141 valence electrons. The van der Waals surface area contributed by atoms with Gasteiger partial charge < -0.3 is 14.4 Å². The minimum atomic E-state index is 0.814. The molecule has 1 radical (unpaired) electrons. The molecule has 0 aliphatic heterocycles. The summed E-state index contributed by atoms with van der Waals surface area (Å²) >= 11 is 0. The van der Waals surface area contributed by atoms with Crippen molar-refractivity contribution in [3.8, 4) is 5.75 Å². The molecule has 0 saturated carbocycles. The minimum absolute atomic E-state index is 0.814. The summed E-state index contributed by atoms with van der Waals surface area (Å²) in [7, 11) is 1.70. The zero-order valence-corrected chi connectivity index (χ0v) is 16.0. The highest BCUT2D eigenvalue weighted by molar-refractivity contribution is 5.49. The molecule has 3 nitrogen and oxygen atoms in total. The van der Waals surface area contributed by atoms with E-state index in [-0.39, 0.29) is 0 Å². The second-order valence-corrected chi connectivity index (χ2v) is 6.46. The van der Waals surface area contributed by atoms with E-state index in [9.17, 15) is 0 Å². The normalized spacial score (nSPS) is 13.2. The molecule has 1 aromatic rings. The zero-order chi connectivity index (χ0) is 18.5. The number of hydrogen-bond donors (Lipinski definition) is 0. The topological polar surface area (TPSA) is 21.7 Å². The monoisotopic (exact) mass is 354 g/mol. The van der Waals surface area contributed by atoms with Crippen LogP contribution >= 0.6 is 0 Å². The van der Waals surface area contributed by atoms with E-state index in [2.05, 4.69) is 42.2 Å². The smallest absolute Gasteiger partial charge is 0.119 e. The molecule has 1 aromatic carbocycles. The van der Waals surface area contributed by atoms with Gasteiger partial charge in [0.25, 0.3) is 0 Å². The van der Waals surface area contributed by atoms with Crippen LogP contribution in [0.1, 0.15) is 38.5 Å². The maximum Gasteiger partial charge on any atom is 0.119 e. The average molecular weight is 355 g/mol. The Morgan fingerprint density at radius 3 is 2.58 bits per heavy atom. The van der Waals surface area contributed by atoms with Crippen molar-refractivity contribution in [3.63, 3.8) is 0 Å². The number of benzene rings is 1. The van der Waals surface area contributed by atoms with Crippen LogP contribution in [0.25, 0.3) is 0 Å². The van der Waals surface area contributed by atoms with E-state index in [0.29, 0.717) is 0 Å². The van der Waals surface area contributed by atoms with Crippen LogP contribution in [0, 0.1) is 6.42 Å². The van der Waals surface area contributed by atoms with E-state index < -0.39 is 0 Å². The van der Waals surface area contributed by atoms with Gasteiger partial charge in [0, 0.05) is 18.8 Å². The lowest BCUT2D eigenvalue weighted by molar-refractivity contribution is 0.215. The van der Waals surface area contributed by atoms with Gasteiger partial charge in [-0.05, 0) is 68.5 Å². The molecule has 26 heavy (non-hydrogen) atoms. The first kappa shape index (κ1) is 20.2. The predicted octanol–water partition coefficient (Wildman–Crippen LogP) is 5.70. The van der Waals surface area contributed by atoms with Crippen LogP contribution in [0.5, 0.6) is 5.75 Å². The van der Waals surface area contributed by atoms with Crippen LogP contribution in [0.2, 0.25) is 0 Å². The Labute approximate surface area is 159 Å². The molecule has 0 amide bonds. The number of allylic oxidation sites excluding steroid dienone is 3. The molecule has 0 fully saturated rings. The van der Waals surface area contributed by atoms with Crippen LogP contribution in [-0.2, 0) is 4.74 Å². The van der Waals surface area contributed by atoms with Crippen molar-refractivity contribution >= 4 is 5.69 Å². The van der Waals surface area contributed by atoms with Crippen molar-refractivity contribution in [1.82, 2.24) is 0 Å². The van der Waals surface area contributed by atoms with Crippen LogP contribution in [0.3, 0.4) is 0 Å². The molecule has 3 heteroatoms. The molecule has 0 bridgehead atoms. The standard InChI is InChI=1S/C23H32NO2/c1-3-4-18-24(21-14-16-22(25-2)17-15-21)19-10-5-6-11-20-26-23-12-8-7-9-13-23/h3,7-8,12-17H,1,4-6,9-11,18-20H2,2H3. The lowest BCUT2D eigenvalue weighted by Gasteiger charge is -2.24. The second-order valence-electron chi connectivity index (χ2n) is 6.46. The molecule has 0 N–H and O–H groups in total. The molecule has 2 rings (SSSR count). The molecule has 0 spiro atoms. The molecular formula is C23H32NO2. The van der Waals surface area contributed by atoms with E-state index in [1.54, 1.807) is 7.11 Å². The first-order chi connectivity index (χ1) is 12.8. The van der Waals surface area contributed by atoms with E-state index in [1.807, 2.05) is 24.3 Å². The Hall–Kier alpha value is -2.16. The summed E-state index contributed by atoms with van der Waals surface area (Å²) in [5.74, 6) is 1.92. The number of unbranched alkanes of at least 4 members (excludes halogenated alkanes) is 3. The lowest BCUT2D eigenvalue weighted by atomic mass is 10.1. The third kappa shape index (κ3) is 7.38. The van der Waals surface area contributed by atoms with Gasteiger partial charge in [0.2, 0.25) is 0 Å². The molecule has 0 unspecified atom stereocenters. The van der Waals surface area contributed by atoms with Crippen molar-refractivity contribution in [2.24, 2.45) is 0 Å². The summed E-state index contributed by atoms with van der Waals surface area (Å²) < 4.78 is 11.0. The summed E-state index contributed by atoms with van der Waals surface area (Å²) in [6.07, 6.45) is 17.1. The Morgan fingerprint density at radius 1 is 1.08 bits per heavy atom. The third-order valence-electron chi connectivity index (χ3n) is 4.48. The highest BCUT2D eigenvalue weighted by atomic mass is 16.5. The van der Waals surface area contributed by atoms with Crippen molar-refractivity contribution in [2.75, 3.05) is 31.7 Å². The van der Waals surface area contributed by atoms with Crippen molar-refractivity contribution < 1.29 is 9.47 Å². The number of nitrogens with zero attached hydrogens (tertiary/aromatic N) is 1. The summed E-state index contributed by atoms with van der Waals surface area (Å²) in [5, 5.41) is 0. The highest BCUT2D eigenvalue weighted by Gasteiger charge is 2.06. The highest BCUT2D eigenvalue weighted by Crippen LogP contribution is 2.20. The minimum Gasteiger partial charge on any atom is -0.497 e. The van der Waals surface area contributed by atoms with Crippen LogP contribution in [0.4, 0.5) is 5.69 Å². The van der Waals surface area contributed by atoms with Crippen LogP contribution in [-0.4, -0.2) is 26.8 Å². The van der Waals surface area contributed by atoms with Crippen molar-refractivity contribution in [1.29, 1.82) is 0 Å². The molecule has 0 atom stereocenters. The van der Waals surface area contributed by atoms with Gasteiger partial charge >= 0.3 is 0 Å². The first-order valence-corrected chi connectivity index (χ1v) is 9.66. The fourth-order valence-electron chi connectivity index (χ4n) is 2.96. The van der Waals surface area contributed by atoms with Crippen molar-refractivity contribution in [2.45, 2.75) is 38.5 Å². The summed E-state index contributed by atoms with van der Waals surface area (Å²) in [6.45, 7) is 6.75. The Kier molecular flexibility index (Phi) is 9.48. The van der Waals surface area contributed by atoms with Crippen LogP contribution < -0.4 is 9.64 Å². The van der Waals surface area contributed by atoms with Gasteiger partial charge in [-0.25, -0.2) is 0 Å². The van der Waals surface area contributed by atoms with Gasteiger partial charge in [0.05, 0.1) is 13.7 Å². The van der Waals surface area contributed by atoms with Gasteiger partial charge in [-0.2, -0.15) is 0 Å². The Morgan fingerprint density at radius 2 is 1.88 bits per heavy atom. The SMILES string of the molecule is C=CCCN(CCCCCCOC1=CC[CH]C=C1)c1ccc(OC)cc1. The second kappa shape index (κ2) is 12.2. The lowest BCUT2D eigenvalue weighted by Crippen LogP contribution is -2.25. The van der Waals surface area contributed by atoms with E-state index in [4.69, 9.17) is 9.47 Å². The van der Waals surface area contributed by atoms with Gasteiger partial charge in [-0.15, -0.1) is 6.58 Å². The van der Waals surface area contributed by atoms with Crippen LogP contribution in [0.15, 0.2) is 60.9 Å². The molecule has 0 saturated heterocycles. The number of anilines is 1. The summed E-state index contributed by atoms with van der Waals surface area (Å²) in [6, 6.07) is 8.33. The summed E-state index contributed by atoms with van der Waals surface area (Å²) in [4.78, 5) is 2.44. The molecule has 1 aliphatic rings. The Bertz CT molecular complexity index is 574. The predicted molar refractivity (Wildman–Crippen MR) is 111 cm³/mol. The maximum atomic E-state index is 5.78. The number of ether oxygens (including phenoxy) is 2. The number of methoxy groups -OCH3 is 1. The van der Waals surface area contributed by atoms with E-state index >= 15 is 0 Å². The van der Waals surface area contributed by atoms with Gasteiger partial charge in [-0.3, -0.25) is 0 Å². The van der Waals surface area contributed by atoms with E-state index in [0.717, 1.165) is 50.5 Å². The maximum absolute atomic E-state index is 5.78. The van der Waals surface area contributed by atoms with E-state index in [1.165, 1.54) is 24.9 Å². The largest absolute Gasteiger partial charge is 0.497 e. The molecule has 0 aromatic heterocycles. The van der Waals surface area contributed by atoms with Crippen molar-refractivity contribution in [3.05, 3.63) is 67.3 Å². The third-order valence-corrected chi connectivity index (χ3v) is 4.48. The molecule has 0 heterocycles. The van der Waals surface area contributed by atoms with Gasteiger partial charge in [0.1, 0.15) is 11.5 Å². The quantitative estimate of drug-likeness (QED) is 0.335. The molecular weight excluding hydrogens is 322 g/mol. The zero-order valence-electron chi connectivity index (χ0n) is 16.0. The first-order valence-electron chi connectivity index (χ1n) is 9.66. The number of rotatable bonds is 13. The Balaban J connectivity index is 1.65. The fourth-order valence-corrected chi connectivity index (χ4v) is 2.96.